The lowest BCUT2D eigenvalue weighted by molar-refractivity contribution is 0.102. The van der Waals surface area contributed by atoms with Gasteiger partial charge in [-0.25, -0.2) is 9.37 Å². The van der Waals surface area contributed by atoms with Gasteiger partial charge < -0.3 is 5.32 Å². The Hall–Kier alpha value is -2.33. The lowest BCUT2D eigenvalue weighted by Crippen LogP contribution is -2.11. The first kappa shape index (κ1) is 16.2. The van der Waals surface area contributed by atoms with E-state index in [4.69, 9.17) is 0 Å². The maximum atomic E-state index is 12.9. The zero-order valence-corrected chi connectivity index (χ0v) is 14.5. The molecule has 1 fully saturated rings. The monoisotopic (exact) mass is 376 g/mol. The number of anilines is 1. The van der Waals surface area contributed by atoms with Crippen LogP contribution in [-0.2, 0) is 5.75 Å². The van der Waals surface area contributed by atoms with Crippen molar-refractivity contribution >= 4 is 34.7 Å². The number of nitrogens with one attached hydrogen (secondary N) is 2. The largest absolute Gasteiger partial charge is 0.320 e. The molecule has 1 amide bonds. The topological polar surface area (TPSA) is 96.5 Å². The summed E-state index contributed by atoms with van der Waals surface area (Å²) in [6.07, 6.45) is 2.34. The second kappa shape index (κ2) is 6.89. The first-order valence-corrected chi connectivity index (χ1v) is 9.42. The molecule has 1 saturated carbocycles. The van der Waals surface area contributed by atoms with Gasteiger partial charge in [-0.3, -0.25) is 9.89 Å². The first-order valence-electron chi connectivity index (χ1n) is 7.62. The summed E-state index contributed by atoms with van der Waals surface area (Å²) in [4.78, 5) is 16.6. The second-order valence-electron chi connectivity index (χ2n) is 5.53. The number of H-pyrrole nitrogens is 1. The molecule has 1 aliphatic rings. The molecule has 0 atom stereocenters. The van der Waals surface area contributed by atoms with E-state index >= 15 is 0 Å². The van der Waals surface area contributed by atoms with E-state index in [1.165, 1.54) is 60.2 Å². The Morgan fingerprint density at radius 3 is 2.88 bits per heavy atom. The molecule has 2 N–H and O–H groups in total. The van der Waals surface area contributed by atoms with Gasteiger partial charge in [0, 0.05) is 11.6 Å². The van der Waals surface area contributed by atoms with Crippen LogP contribution in [0.15, 0.2) is 29.4 Å². The van der Waals surface area contributed by atoms with Gasteiger partial charge >= 0.3 is 0 Å². The van der Waals surface area contributed by atoms with Crippen LogP contribution < -0.4 is 5.32 Å². The Morgan fingerprint density at radius 1 is 1.32 bits per heavy atom. The summed E-state index contributed by atoms with van der Waals surface area (Å²) in [5.41, 5.74) is 0.505. The third kappa shape index (κ3) is 4.02. The lowest BCUT2D eigenvalue weighted by atomic mass is 10.3. The molecular formula is C15H13FN6OS2. The van der Waals surface area contributed by atoms with Crippen LogP contribution in [-0.4, -0.2) is 31.3 Å². The summed E-state index contributed by atoms with van der Waals surface area (Å²) in [5, 5.41) is 19.4. The van der Waals surface area contributed by atoms with Gasteiger partial charge in [-0.2, -0.15) is 0 Å². The highest BCUT2D eigenvalue weighted by Crippen LogP contribution is 2.38. The molecule has 128 valence electrons. The minimum Gasteiger partial charge on any atom is -0.320 e. The zero-order chi connectivity index (χ0) is 17.2. The molecule has 1 aliphatic carbocycles. The molecule has 4 rings (SSSR count). The molecule has 0 aliphatic heterocycles. The highest BCUT2D eigenvalue weighted by atomic mass is 32.2. The van der Waals surface area contributed by atoms with Crippen LogP contribution in [0.1, 0.15) is 39.4 Å². The second-order valence-corrected chi connectivity index (χ2v) is 7.53. The van der Waals surface area contributed by atoms with Crippen LogP contribution in [0.25, 0.3) is 0 Å². The molecule has 2 aromatic heterocycles. The fourth-order valence-corrected chi connectivity index (χ4v) is 3.64. The normalized spacial score (nSPS) is 13.8. The van der Waals surface area contributed by atoms with E-state index in [1.54, 1.807) is 0 Å². The maximum Gasteiger partial charge on any atom is 0.286 e. The molecule has 25 heavy (non-hydrogen) atoms. The number of benzene rings is 1. The Morgan fingerprint density at radius 2 is 2.12 bits per heavy atom. The molecule has 3 aromatic rings. The van der Waals surface area contributed by atoms with Crippen molar-refractivity contribution in [2.75, 3.05) is 5.32 Å². The summed E-state index contributed by atoms with van der Waals surface area (Å²) in [5.74, 6) is 1.30. The standard InChI is InChI=1S/C15H13FN6OS2/c16-9-3-5-10(6-4-9)17-13(23)14-21-19-11(25-14)7-24-15-18-12(20-22-15)8-1-2-8/h3-6,8H,1-2,7H2,(H,17,23)(H,18,20,22). The van der Waals surface area contributed by atoms with E-state index in [2.05, 4.69) is 30.7 Å². The molecule has 7 nitrogen and oxygen atoms in total. The number of rotatable bonds is 6. The number of amides is 1. The van der Waals surface area contributed by atoms with Gasteiger partial charge in [0.25, 0.3) is 5.91 Å². The van der Waals surface area contributed by atoms with Gasteiger partial charge in [0.05, 0.1) is 5.75 Å². The number of carbonyl (C=O) groups is 1. The van der Waals surface area contributed by atoms with Crippen molar-refractivity contribution in [1.29, 1.82) is 0 Å². The van der Waals surface area contributed by atoms with Gasteiger partial charge in [-0.1, -0.05) is 23.1 Å². The summed E-state index contributed by atoms with van der Waals surface area (Å²) >= 11 is 2.66. The molecule has 2 heterocycles. The first-order chi connectivity index (χ1) is 12.2. The van der Waals surface area contributed by atoms with Gasteiger partial charge in [-0.05, 0) is 37.1 Å². The molecule has 1 aromatic carbocycles. The molecule has 0 bridgehead atoms. The van der Waals surface area contributed by atoms with Gasteiger partial charge in [0.15, 0.2) is 0 Å². The van der Waals surface area contributed by atoms with Crippen molar-refractivity contribution in [2.24, 2.45) is 0 Å². The highest BCUT2D eigenvalue weighted by molar-refractivity contribution is 7.98. The van der Waals surface area contributed by atoms with Crippen molar-refractivity contribution < 1.29 is 9.18 Å². The van der Waals surface area contributed by atoms with Crippen LogP contribution in [0.2, 0.25) is 0 Å². The number of aromatic nitrogens is 5. The van der Waals surface area contributed by atoms with Crippen molar-refractivity contribution in [2.45, 2.75) is 29.7 Å². The van der Waals surface area contributed by atoms with Crippen LogP contribution in [0.4, 0.5) is 10.1 Å². The van der Waals surface area contributed by atoms with E-state index in [1.807, 2.05) is 0 Å². The summed E-state index contributed by atoms with van der Waals surface area (Å²) in [6, 6.07) is 5.55. The van der Waals surface area contributed by atoms with E-state index in [9.17, 15) is 9.18 Å². The number of hydrogen-bond donors (Lipinski definition) is 2. The third-order valence-corrected chi connectivity index (χ3v) is 5.50. The molecule has 0 radical (unpaired) electrons. The SMILES string of the molecule is O=C(Nc1ccc(F)cc1)c1nnc(CSc2n[nH]c(C3CC3)n2)s1. The van der Waals surface area contributed by atoms with Crippen LogP contribution in [0, 0.1) is 5.82 Å². The van der Waals surface area contributed by atoms with Gasteiger partial charge in [-0.15, -0.1) is 15.3 Å². The van der Waals surface area contributed by atoms with Gasteiger partial charge in [0.1, 0.15) is 16.6 Å². The minimum atomic E-state index is -0.366. The molecule has 0 unspecified atom stereocenters. The number of nitrogens with zero attached hydrogens (tertiary/aromatic N) is 4. The van der Waals surface area contributed by atoms with Crippen molar-refractivity contribution in [3.05, 3.63) is 45.9 Å². The lowest BCUT2D eigenvalue weighted by Gasteiger charge is -2.01. The zero-order valence-electron chi connectivity index (χ0n) is 12.9. The van der Waals surface area contributed by atoms with E-state index in [0.717, 1.165) is 5.82 Å². The quantitative estimate of drug-likeness (QED) is 0.641. The molecule has 0 saturated heterocycles. The average Bonchev–Trinajstić information content (AvgIpc) is 3.17. The number of hydrogen-bond acceptors (Lipinski definition) is 7. The number of aromatic amines is 1. The third-order valence-electron chi connectivity index (χ3n) is 3.53. The fourth-order valence-electron chi connectivity index (χ4n) is 2.11. The maximum absolute atomic E-state index is 12.9. The highest BCUT2D eigenvalue weighted by Gasteiger charge is 2.27. The predicted octanol–water partition coefficient (Wildman–Crippen LogP) is 3.22. The molecule has 0 spiro atoms. The van der Waals surface area contributed by atoms with Crippen LogP contribution >= 0.6 is 23.1 Å². The van der Waals surface area contributed by atoms with Crippen molar-refractivity contribution in [3.8, 4) is 0 Å². The van der Waals surface area contributed by atoms with Crippen LogP contribution in [0.5, 0.6) is 0 Å². The minimum absolute atomic E-state index is 0.258. The number of halogens is 1. The smallest absolute Gasteiger partial charge is 0.286 e. The molecular weight excluding hydrogens is 363 g/mol. The predicted molar refractivity (Wildman–Crippen MR) is 92.2 cm³/mol. The molecule has 10 heteroatoms. The van der Waals surface area contributed by atoms with Gasteiger partial charge in [0.2, 0.25) is 10.2 Å². The summed E-state index contributed by atoms with van der Waals surface area (Å²) in [7, 11) is 0. The van der Waals surface area contributed by atoms with E-state index < -0.39 is 0 Å². The Bertz CT molecular complexity index is 890. The average molecular weight is 376 g/mol. The summed E-state index contributed by atoms with van der Waals surface area (Å²) in [6.45, 7) is 0. The Kier molecular flexibility index (Phi) is 4.45. The summed E-state index contributed by atoms with van der Waals surface area (Å²) < 4.78 is 12.9. The number of thioether (sulfide) groups is 1. The Balaban J connectivity index is 1.34. The van der Waals surface area contributed by atoms with E-state index in [0.29, 0.717) is 27.5 Å². The number of carbonyl (C=O) groups excluding carboxylic acids is 1. The van der Waals surface area contributed by atoms with E-state index in [-0.39, 0.29) is 16.7 Å². The Labute approximate surface area is 150 Å². The van der Waals surface area contributed by atoms with Crippen molar-refractivity contribution in [3.63, 3.8) is 0 Å². The fraction of sp³-hybridized carbons (Fsp3) is 0.267. The van der Waals surface area contributed by atoms with Crippen molar-refractivity contribution in [1.82, 2.24) is 25.4 Å². The van der Waals surface area contributed by atoms with Crippen LogP contribution in [0.3, 0.4) is 0 Å².